The van der Waals surface area contributed by atoms with Gasteiger partial charge in [0.15, 0.2) is 6.23 Å². The van der Waals surface area contributed by atoms with E-state index in [2.05, 4.69) is 33.0 Å². The maximum absolute atomic E-state index is 12.9. The Morgan fingerprint density at radius 1 is 1.12 bits per heavy atom. The van der Waals surface area contributed by atoms with Crippen molar-refractivity contribution in [2.24, 2.45) is 5.92 Å². The number of hydrogen-bond acceptors (Lipinski definition) is 8. The van der Waals surface area contributed by atoms with Crippen LogP contribution in [0.25, 0.3) is 10.9 Å². The van der Waals surface area contributed by atoms with Gasteiger partial charge in [-0.05, 0) is 129 Å². The number of carbonyl (C=O) groups excluding carboxylic acids is 2. The first-order chi connectivity index (χ1) is 22.5. The maximum atomic E-state index is 12.9. The zero-order valence-corrected chi connectivity index (χ0v) is 30.6. The number of fused-ring (bicyclic) bond motifs is 1. The molecule has 4 fully saturated rings. The van der Waals surface area contributed by atoms with E-state index in [9.17, 15) is 9.59 Å². The monoisotopic (exact) mass is 686 g/mol. The third-order valence-corrected chi connectivity index (χ3v) is 10.9. The summed E-state index contributed by atoms with van der Waals surface area (Å²) >= 11 is 7.15. The van der Waals surface area contributed by atoms with Crippen LogP contribution in [0.4, 0.5) is 9.59 Å². The van der Waals surface area contributed by atoms with Crippen LogP contribution in [0.3, 0.4) is 0 Å². The molecule has 1 N–H and O–H groups in total. The quantitative estimate of drug-likeness (QED) is 0.321. The van der Waals surface area contributed by atoms with E-state index in [0.717, 1.165) is 67.1 Å². The molecule has 2 aromatic rings. The first kappa shape index (κ1) is 35.3. The topological polar surface area (TPSA) is 113 Å². The Hall–Kier alpha value is -2.54. The van der Waals surface area contributed by atoms with Gasteiger partial charge in [0.25, 0.3) is 0 Å². The van der Waals surface area contributed by atoms with Gasteiger partial charge in [-0.1, -0.05) is 11.6 Å². The molecule has 1 aliphatic carbocycles. The van der Waals surface area contributed by atoms with Gasteiger partial charge in [0.1, 0.15) is 5.60 Å². The van der Waals surface area contributed by atoms with E-state index < -0.39 is 35.6 Å². The Bertz CT molecular complexity index is 1520. The largest absolute Gasteiger partial charge is 0.495 e. The molecule has 1 aromatic carbocycles. The number of alkyl carbamates (subject to hydrolysis) is 1. The molecule has 3 unspecified atom stereocenters. The lowest BCUT2D eigenvalue weighted by Crippen LogP contribution is -2.58. The van der Waals surface area contributed by atoms with Crippen LogP contribution in [0.2, 0.25) is 5.02 Å². The van der Waals surface area contributed by atoms with Gasteiger partial charge in [-0.2, -0.15) is 5.10 Å². The summed E-state index contributed by atoms with van der Waals surface area (Å²) in [7, 11) is -0.601. The Labute approximate surface area is 289 Å². The SMILES string of the molecule is CC(C)(C)OC(=O)N1CCC[C@@](C)(NC(=O)OCCC2CC2c2c(Cl)cc3c(cnn3C3CCCCO3)c2B2OC(C)(C)C(C)(C)O2)C1. The first-order valence-corrected chi connectivity index (χ1v) is 17.9. The molecule has 0 radical (unpaired) electrons. The fraction of sp³-hybridized carbons (Fsp3) is 0.743. The summed E-state index contributed by atoms with van der Waals surface area (Å²) in [5, 5.41) is 9.43. The minimum absolute atomic E-state index is 0.127. The molecule has 4 aliphatic rings. The molecule has 264 valence electrons. The van der Waals surface area contributed by atoms with Gasteiger partial charge in [0.05, 0.1) is 35.1 Å². The van der Waals surface area contributed by atoms with Gasteiger partial charge in [0, 0.05) is 30.1 Å². The zero-order chi connectivity index (χ0) is 34.6. The number of hydrogen-bond donors (Lipinski definition) is 1. The summed E-state index contributed by atoms with van der Waals surface area (Å²) in [5.74, 6) is 0.466. The van der Waals surface area contributed by atoms with Crippen molar-refractivity contribution in [1.82, 2.24) is 20.0 Å². The summed E-state index contributed by atoms with van der Waals surface area (Å²) in [4.78, 5) is 27.2. The smallest absolute Gasteiger partial charge is 0.450 e. The molecule has 3 aliphatic heterocycles. The highest BCUT2D eigenvalue weighted by Gasteiger charge is 2.54. The molecule has 0 spiro atoms. The van der Waals surface area contributed by atoms with E-state index in [-0.39, 0.29) is 24.8 Å². The molecular weight excluding hydrogens is 635 g/mol. The minimum Gasteiger partial charge on any atom is -0.450 e. The number of likely N-dealkylation sites (tertiary alicyclic amines) is 1. The summed E-state index contributed by atoms with van der Waals surface area (Å²) < 4.78 is 32.5. The highest BCUT2D eigenvalue weighted by Crippen LogP contribution is 2.52. The van der Waals surface area contributed by atoms with Crippen LogP contribution in [0.15, 0.2) is 12.3 Å². The van der Waals surface area contributed by atoms with Crippen LogP contribution < -0.4 is 10.8 Å². The lowest BCUT2D eigenvalue weighted by Gasteiger charge is -2.40. The van der Waals surface area contributed by atoms with Crippen molar-refractivity contribution in [3.8, 4) is 0 Å². The first-order valence-electron chi connectivity index (χ1n) is 17.6. The predicted molar refractivity (Wildman–Crippen MR) is 185 cm³/mol. The molecule has 0 bridgehead atoms. The van der Waals surface area contributed by atoms with Gasteiger partial charge >= 0.3 is 19.3 Å². The Morgan fingerprint density at radius 2 is 1.85 bits per heavy atom. The van der Waals surface area contributed by atoms with Crippen LogP contribution in [0.5, 0.6) is 0 Å². The number of amides is 2. The molecular formula is C35H52BClN4O7. The van der Waals surface area contributed by atoms with Crippen molar-refractivity contribution >= 4 is 47.3 Å². The number of nitrogens with zero attached hydrogens (tertiary/aromatic N) is 3. The normalized spacial score (nSPS) is 28.4. The Kier molecular flexibility index (Phi) is 9.54. The summed E-state index contributed by atoms with van der Waals surface area (Å²) in [6.45, 7) is 17.7. The predicted octanol–water partition coefficient (Wildman–Crippen LogP) is 6.70. The zero-order valence-electron chi connectivity index (χ0n) is 29.8. The van der Waals surface area contributed by atoms with Crippen LogP contribution in [0.1, 0.15) is 118 Å². The average Bonchev–Trinajstić information content (AvgIpc) is 3.55. The third-order valence-electron chi connectivity index (χ3n) is 10.6. The molecule has 1 saturated carbocycles. The lowest BCUT2D eigenvalue weighted by molar-refractivity contribution is -0.0366. The fourth-order valence-electron chi connectivity index (χ4n) is 7.26. The highest BCUT2D eigenvalue weighted by molar-refractivity contribution is 6.66. The standard InChI is InChI=1S/C35H52BClN4O7/c1-32(2,3)46-31(43)40-15-11-14-35(8,21-40)39-30(42)45-17-13-22-18-23(22)28-25(37)19-26-24(20-38-41(26)27-12-9-10-16-44-27)29(28)36-47-33(4,5)34(6,7)48-36/h19-20,22-23,27H,9-18,21H2,1-8H3,(H,39,42)/t22?,23?,27?,35-/m1/s1. The van der Waals surface area contributed by atoms with Crippen molar-refractivity contribution in [2.75, 3.05) is 26.3 Å². The Morgan fingerprint density at radius 3 is 2.52 bits per heavy atom. The second kappa shape index (κ2) is 13.0. The number of aromatic nitrogens is 2. The lowest BCUT2D eigenvalue weighted by atomic mass is 9.72. The number of ether oxygens (including phenoxy) is 3. The molecule has 4 atom stereocenters. The van der Waals surface area contributed by atoms with E-state index in [4.69, 9.17) is 40.2 Å². The molecule has 48 heavy (non-hydrogen) atoms. The number of nitrogens with one attached hydrogen (secondary N) is 1. The van der Waals surface area contributed by atoms with Crippen molar-refractivity contribution in [3.05, 3.63) is 22.8 Å². The third kappa shape index (κ3) is 7.32. The van der Waals surface area contributed by atoms with E-state index in [1.807, 2.05) is 44.6 Å². The van der Waals surface area contributed by atoms with Crippen molar-refractivity contribution in [3.63, 3.8) is 0 Å². The number of piperidine rings is 1. The van der Waals surface area contributed by atoms with Gasteiger partial charge in [-0.15, -0.1) is 0 Å². The van der Waals surface area contributed by atoms with Gasteiger partial charge in [0.2, 0.25) is 0 Å². The van der Waals surface area contributed by atoms with Crippen LogP contribution in [-0.4, -0.2) is 82.6 Å². The second-order valence-corrected chi connectivity index (χ2v) is 16.7. The summed E-state index contributed by atoms with van der Waals surface area (Å²) in [6, 6.07) is 2.01. The highest BCUT2D eigenvalue weighted by atomic mass is 35.5. The maximum Gasteiger partial charge on any atom is 0.495 e. The summed E-state index contributed by atoms with van der Waals surface area (Å²) in [5.41, 5.74) is 0.665. The van der Waals surface area contributed by atoms with Crippen LogP contribution >= 0.6 is 11.6 Å². The second-order valence-electron chi connectivity index (χ2n) is 16.3. The van der Waals surface area contributed by atoms with E-state index in [0.29, 0.717) is 30.5 Å². The van der Waals surface area contributed by atoms with Gasteiger partial charge in [-0.25, -0.2) is 14.3 Å². The molecule has 13 heteroatoms. The van der Waals surface area contributed by atoms with Gasteiger partial charge < -0.3 is 33.7 Å². The molecule has 4 heterocycles. The minimum atomic E-state index is -0.601. The molecule has 11 nitrogen and oxygen atoms in total. The van der Waals surface area contributed by atoms with Crippen LogP contribution in [0, 0.1) is 5.92 Å². The average molecular weight is 687 g/mol. The summed E-state index contributed by atoms with van der Waals surface area (Å²) in [6.07, 6.45) is 7.12. The van der Waals surface area contributed by atoms with Crippen molar-refractivity contribution < 1.29 is 33.1 Å². The number of rotatable bonds is 7. The van der Waals surface area contributed by atoms with Gasteiger partial charge in [-0.3, -0.25) is 0 Å². The Balaban J connectivity index is 1.13. The van der Waals surface area contributed by atoms with Crippen LogP contribution in [-0.2, 0) is 23.5 Å². The van der Waals surface area contributed by atoms with Crippen molar-refractivity contribution in [2.45, 2.75) is 135 Å². The number of benzene rings is 1. The molecule has 6 rings (SSSR count). The molecule has 1 aromatic heterocycles. The van der Waals surface area contributed by atoms with E-state index >= 15 is 0 Å². The van der Waals surface area contributed by atoms with Crippen molar-refractivity contribution in [1.29, 1.82) is 0 Å². The number of carbonyl (C=O) groups is 2. The number of halogens is 1. The fourth-order valence-corrected chi connectivity index (χ4v) is 7.61. The molecule has 3 saturated heterocycles. The van der Waals surface area contributed by atoms with E-state index in [1.54, 1.807) is 4.90 Å². The van der Waals surface area contributed by atoms with E-state index in [1.165, 1.54) is 0 Å². The molecule has 2 amide bonds.